The molecule has 2 saturated heterocycles. The zero-order valence-electron chi connectivity index (χ0n) is 12.9. The van der Waals surface area contributed by atoms with Crippen LogP contribution in [0.15, 0.2) is 29.3 Å². The summed E-state index contributed by atoms with van der Waals surface area (Å²) >= 11 is 7.25. The van der Waals surface area contributed by atoms with Crippen molar-refractivity contribution >= 4 is 55.9 Å². The summed E-state index contributed by atoms with van der Waals surface area (Å²) in [6.45, 7) is 0. The van der Waals surface area contributed by atoms with Gasteiger partial charge < -0.3 is 14.8 Å². The Morgan fingerprint density at radius 1 is 1.32 bits per heavy atom. The molecule has 7 nitrogen and oxygen atoms in total. The lowest BCUT2D eigenvalue weighted by molar-refractivity contribution is -0.305. The summed E-state index contributed by atoms with van der Waals surface area (Å²) < 4.78 is 23.9. The molecule has 0 N–H and O–H groups in total. The highest BCUT2D eigenvalue weighted by Crippen LogP contribution is 2.41. The summed E-state index contributed by atoms with van der Waals surface area (Å²) in [7, 11) is -3.15. The molecule has 0 spiro atoms. The van der Waals surface area contributed by atoms with E-state index in [9.17, 15) is 23.1 Å². The van der Waals surface area contributed by atoms with E-state index in [2.05, 4.69) is 4.99 Å². The first kappa shape index (κ1) is 18.2. The fourth-order valence-electron chi connectivity index (χ4n) is 2.86. The molecule has 2 aliphatic rings. The van der Waals surface area contributed by atoms with Crippen molar-refractivity contribution in [2.24, 2.45) is 4.99 Å². The molecule has 0 aromatic heterocycles. The van der Waals surface area contributed by atoms with Crippen LogP contribution in [0.2, 0.25) is 5.02 Å². The van der Waals surface area contributed by atoms with Gasteiger partial charge in [0.2, 0.25) is 5.91 Å². The number of aliphatic carboxylic acids is 1. The molecule has 0 aliphatic carbocycles. The van der Waals surface area contributed by atoms with Gasteiger partial charge in [-0.1, -0.05) is 29.4 Å². The van der Waals surface area contributed by atoms with Crippen molar-refractivity contribution in [2.75, 3.05) is 16.4 Å². The van der Waals surface area contributed by atoms with Gasteiger partial charge >= 0.3 is 0 Å². The number of carboxylic acids is 1. The molecule has 1 amide bonds. The number of thioether (sulfide) groups is 1. The van der Waals surface area contributed by atoms with E-state index in [0.29, 0.717) is 15.9 Å². The molecule has 2 heterocycles. The normalized spacial score (nSPS) is 26.0. The van der Waals surface area contributed by atoms with Crippen LogP contribution in [0, 0.1) is 0 Å². The van der Waals surface area contributed by atoms with Gasteiger partial charge in [0.25, 0.3) is 0 Å². The van der Waals surface area contributed by atoms with Gasteiger partial charge in [0.05, 0.1) is 17.5 Å². The van der Waals surface area contributed by atoms with E-state index in [1.165, 1.54) is 11.8 Å². The predicted octanol–water partition coefficient (Wildman–Crippen LogP) is 0.472. The van der Waals surface area contributed by atoms with Crippen LogP contribution in [-0.4, -0.2) is 48.3 Å². The third-order valence-corrected chi connectivity index (χ3v) is 7.36. The number of benzene rings is 1. The van der Waals surface area contributed by atoms with E-state index in [-0.39, 0.29) is 29.2 Å². The van der Waals surface area contributed by atoms with Crippen molar-refractivity contribution in [3.05, 3.63) is 29.3 Å². The van der Waals surface area contributed by atoms with Crippen LogP contribution in [0.25, 0.3) is 0 Å². The number of rotatable bonds is 4. The lowest BCUT2D eigenvalue weighted by atomic mass is 10.2. The smallest absolute Gasteiger partial charge is 0.248 e. The number of amides is 1. The van der Waals surface area contributed by atoms with E-state index in [1.54, 1.807) is 29.2 Å². The highest BCUT2D eigenvalue weighted by Gasteiger charge is 2.49. The molecule has 0 unspecified atom stereocenters. The summed E-state index contributed by atoms with van der Waals surface area (Å²) in [5, 5.41) is 11.1. The Kier molecular flexibility index (Phi) is 5.08. The number of halogens is 1. The topological polar surface area (TPSA) is 107 Å². The Labute approximate surface area is 154 Å². The Morgan fingerprint density at radius 3 is 2.76 bits per heavy atom. The summed E-state index contributed by atoms with van der Waals surface area (Å²) in [5.74, 6) is -1.90. The number of fused-ring (bicyclic) bond motifs is 1. The number of anilines is 1. The van der Waals surface area contributed by atoms with E-state index in [0.717, 1.165) is 0 Å². The largest absolute Gasteiger partial charge is 0.550 e. The minimum atomic E-state index is -3.15. The third-order valence-electron chi connectivity index (χ3n) is 3.92. The number of sulfone groups is 1. The van der Waals surface area contributed by atoms with Crippen LogP contribution >= 0.6 is 23.4 Å². The molecule has 0 bridgehead atoms. The second-order valence-corrected chi connectivity index (χ2v) is 9.61. The first-order chi connectivity index (χ1) is 11.7. The number of carboxylic acid groups (broad SMARTS) is 1. The second-order valence-electron chi connectivity index (χ2n) is 5.81. The number of carbonyl (C=O) groups is 2. The molecule has 1 aromatic carbocycles. The maximum atomic E-state index is 11.9. The Balaban J connectivity index is 1.92. The SMILES string of the molecule is O=C([O-])CCC(=O)N=C1S[C@@H]2CS(=O)(=O)C[C@@H]2N1c1cccc(Cl)c1. The molecule has 25 heavy (non-hydrogen) atoms. The zero-order chi connectivity index (χ0) is 18.2. The van der Waals surface area contributed by atoms with Crippen molar-refractivity contribution < 1.29 is 23.1 Å². The molecule has 3 rings (SSSR count). The van der Waals surface area contributed by atoms with Crippen LogP contribution in [0.3, 0.4) is 0 Å². The quantitative estimate of drug-likeness (QED) is 0.721. The van der Waals surface area contributed by atoms with Crippen molar-refractivity contribution in [2.45, 2.75) is 24.1 Å². The lowest BCUT2D eigenvalue weighted by Gasteiger charge is -2.24. The minimum absolute atomic E-state index is 0.0195. The Hall–Kier alpha value is -1.58. The van der Waals surface area contributed by atoms with Crippen molar-refractivity contribution in [1.29, 1.82) is 0 Å². The van der Waals surface area contributed by atoms with Crippen LogP contribution in [0.5, 0.6) is 0 Å². The number of nitrogens with zero attached hydrogens (tertiary/aromatic N) is 2. The number of hydrogen-bond acceptors (Lipinski definition) is 6. The highest BCUT2D eigenvalue weighted by molar-refractivity contribution is 8.16. The van der Waals surface area contributed by atoms with E-state index in [4.69, 9.17) is 11.6 Å². The number of carbonyl (C=O) groups excluding carboxylic acids is 2. The summed E-state index contributed by atoms with van der Waals surface area (Å²) in [6, 6.07) is 6.53. The summed E-state index contributed by atoms with van der Waals surface area (Å²) in [6.07, 6.45) is -0.665. The summed E-state index contributed by atoms with van der Waals surface area (Å²) in [4.78, 5) is 28.1. The second kappa shape index (κ2) is 6.97. The molecule has 134 valence electrons. The van der Waals surface area contributed by atoms with Gasteiger partial charge in [-0.3, -0.25) is 4.79 Å². The van der Waals surface area contributed by atoms with Crippen LogP contribution < -0.4 is 10.0 Å². The average molecular weight is 402 g/mol. The van der Waals surface area contributed by atoms with Crippen molar-refractivity contribution in [1.82, 2.24) is 0 Å². The minimum Gasteiger partial charge on any atom is -0.550 e. The van der Waals surface area contributed by atoms with E-state index >= 15 is 0 Å². The van der Waals surface area contributed by atoms with Gasteiger partial charge in [0.1, 0.15) is 0 Å². The van der Waals surface area contributed by atoms with Gasteiger partial charge in [-0.05, 0) is 24.6 Å². The Bertz CT molecular complexity index is 855. The van der Waals surface area contributed by atoms with Gasteiger partial charge in [0.15, 0.2) is 15.0 Å². The molecule has 10 heteroatoms. The first-order valence-electron chi connectivity index (χ1n) is 7.48. The number of aliphatic imine (C=N–C) groups is 1. The van der Waals surface area contributed by atoms with Crippen LogP contribution in [0.1, 0.15) is 12.8 Å². The van der Waals surface area contributed by atoms with Gasteiger partial charge in [0, 0.05) is 28.4 Å². The molecule has 2 aliphatic heterocycles. The van der Waals surface area contributed by atoms with E-state index < -0.39 is 28.1 Å². The van der Waals surface area contributed by atoms with Gasteiger partial charge in [-0.2, -0.15) is 4.99 Å². The van der Waals surface area contributed by atoms with Crippen LogP contribution in [0.4, 0.5) is 5.69 Å². The van der Waals surface area contributed by atoms with Crippen LogP contribution in [-0.2, 0) is 19.4 Å². The molecule has 1 aromatic rings. The summed E-state index contributed by atoms with van der Waals surface area (Å²) in [5.41, 5.74) is 0.649. The monoisotopic (exact) mass is 401 g/mol. The molecular weight excluding hydrogens is 388 g/mol. The zero-order valence-corrected chi connectivity index (χ0v) is 15.3. The van der Waals surface area contributed by atoms with Gasteiger partial charge in [-0.15, -0.1) is 0 Å². The molecule has 2 fully saturated rings. The fraction of sp³-hybridized carbons (Fsp3) is 0.400. The maximum Gasteiger partial charge on any atom is 0.248 e. The molecule has 0 saturated carbocycles. The maximum absolute atomic E-state index is 11.9. The first-order valence-corrected chi connectivity index (χ1v) is 10.6. The fourth-order valence-corrected chi connectivity index (χ4v) is 6.98. The van der Waals surface area contributed by atoms with Crippen molar-refractivity contribution in [3.8, 4) is 0 Å². The number of amidine groups is 1. The standard InChI is InChI=1S/C15H15ClN2O5S2/c16-9-2-1-3-10(6-9)18-11-7-25(22,23)8-12(11)24-15(18)17-13(19)4-5-14(20)21/h1-3,6,11-12H,4-5,7-8H2,(H,20,21)/p-1/t11-,12+/m0/s1. The Morgan fingerprint density at radius 2 is 2.08 bits per heavy atom. The average Bonchev–Trinajstić information content (AvgIpc) is 2.96. The van der Waals surface area contributed by atoms with E-state index in [1.807, 2.05) is 0 Å². The molecular formula is C15H14ClN2O5S2-. The lowest BCUT2D eigenvalue weighted by Crippen LogP contribution is -2.37. The molecule has 0 radical (unpaired) electrons. The highest BCUT2D eigenvalue weighted by atomic mass is 35.5. The molecule has 2 atom stereocenters. The third kappa shape index (κ3) is 4.16. The van der Waals surface area contributed by atoms with Gasteiger partial charge in [-0.25, -0.2) is 8.42 Å². The predicted molar refractivity (Wildman–Crippen MR) is 94.4 cm³/mol. The van der Waals surface area contributed by atoms with Crippen molar-refractivity contribution in [3.63, 3.8) is 0 Å². The number of hydrogen-bond donors (Lipinski definition) is 0.